The fourth-order valence-electron chi connectivity index (χ4n) is 5.39. The molecule has 2 nitrogen and oxygen atoms in total. The summed E-state index contributed by atoms with van der Waals surface area (Å²) in [4.78, 5) is 12.3. The number of carbonyl (C=O) groups is 1. The molecule has 0 aromatic heterocycles. The summed E-state index contributed by atoms with van der Waals surface area (Å²) >= 11 is 0. The molecule has 2 saturated carbocycles. The van der Waals surface area contributed by atoms with E-state index in [1.54, 1.807) is 0 Å². The lowest BCUT2D eigenvalue weighted by molar-refractivity contribution is -0.130. The topological polar surface area (TPSA) is 26.3 Å². The van der Waals surface area contributed by atoms with Crippen molar-refractivity contribution in [1.82, 2.24) is 0 Å². The van der Waals surface area contributed by atoms with Crippen LogP contribution in [0.1, 0.15) is 66.7 Å². The summed E-state index contributed by atoms with van der Waals surface area (Å²) in [7, 11) is -1.48. The molecular formula is C19H36O2Si. The van der Waals surface area contributed by atoms with Crippen molar-refractivity contribution < 1.29 is 9.22 Å². The molecule has 1 unspecified atom stereocenters. The van der Waals surface area contributed by atoms with Gasteiger partial charge in [-0.3, -0.25) is 4.79 Å². The van der Waals surface area contributed by atoms with Gasteiger partial charge in [-0.15, -0.1) is 0 Å². The van der Waals surface area contributed by atoms with E-state index in [-0.39, 0.29) is 5.41 Å². The minimum Gasteiger partial charge on any atom is -0.417 e. The highest BCUT2D eigenvalue weighted by molar-refractivity contribution is 6.73. The predicted octanol–water partition coefficient (Wildman–Crippen LogP) is 5.43. The lowest BCUT2D eigenvalue weighted by atomic mass is 9.62. The molecule has 4 atom stereocenters. The first-order valence-electron chi connectivity index (χ1n) is 9.59. The first-order valence-corrected chi connectivity index (χ1v) is 12.1. The molecule has 3 heteroatoms. The number of hydrogen-bond donors (Lipinski definition) is 0. The van der Waals surface area contributed by atoms with Crippen molar-refractivity contribution >= 4 is 14.1 Å². The Labute approximate surface area is 138 Å². The first-order chi connectivity index (χ1) is 10.4. The summed E-state index contributed by atoms with van der Waals surface area (Å²) in [6.07, 6.45) is 5.54. The van der Waals surface area contributed by atoms with Crippen LogP contribution in [0.15, 0.2) is 0 Å². The zero-order valence-electron chi connectivity index (χ0n) is 15.4. The van der Waals surface area contributed by atoms with E-state index in [4.69, 9.17) is 4.43 Å². The smallest absolute Gasteiger partial charge is 0.191 e. The minimum atomic E-state index is -1.48. The van der Waals surface area contributed by atoms with Crippen LogP contribution in [-0.2, 0) is 9.22 Å². The number of hydrogen-bond acceptors (Lipinski definition) is 2. The maximum atomic E-state index is 12.3. The summed E-state index contributed by atoms with van der Waals surface area (Å²) in [5.74, 6) is 2.17. The molecule has 0 spiro atoms. The molecule has 0 aromatic carbocycles. The van der Waals surface area contributed by atoms with Gasteiger partial charge in [0.25, 0.3) is 0 Å². The van der Waals surface area contributed by atoms with Crippen molar-refractivity contribution in [2.75, 3.05) is 6.61 Å². The zero-order valence-corrected chi connectivity index (χ0v) is 16.4. The number of ketones is 1. The van der Waals surface area contributed by atoms with Crippen molar-refractivity contribution in [2.24, 2.45) is 23.2 Å². The molecule has 0 aromatic rings. The van der Waals surface area contributed by atoms with Gasteiger partial charge in [0.15, 0.2) is 8.32 Å². The van der Waals surface area contributed by atoms with E-state index in [0.717, 1.165) is 25.9 Å². The van der Waals surface area contributed by atoms with Gasteiger partial charge in [-0.2, -0.15) is 0 Å². The van der Waals surface area contributed by atoms with E-state index in [0.29, 0.717) is 23.5 Å². The van der Waals surface area contributed by atoms with E-state index in [1.165, 1.54) is 31.0 Å². The van der Waals surface area contributed by atoms with Crippen LogP contribution in [0.25, 0.3) is 0 Å². The standard InChI is InChI=1S/C19H36O2Si/c1-6-22(7-2,8-3)21-14-15(4)16-11-12-17-18(20)10-9-13-19(16,17)5/h15-17H,6-14H2,1-5H3/t15-,16?,17+,19-/m1/s1. The van der Waals surface area contributed by atoms with E-state index in [2.05, 4.69) is 34.6 Å². The Kier molecular flexibility index (Phi) is 5.93. The van der Waals surface area contributed by atoms with Crippen molar-refractivity contribution in [3.8, 4) is 0 Å². The number of rotatable bonds is 7. The molecule has 22 heavy (non-hydrogen) atoms. The van der Waals surface area contributed by atoms with Crippen LogP contribution in [0.2, 0.25) is 18.1 Å². The van der Waals surface area contributed by atoms with E-state index in [1.807, 2.05) is 0 Å². The highest BCUT2D eigenvalue weighted by atomic mass is 28.4. The van der Waals surface area contributed by atoms with Crippen LogP contribution < -0.4 is 0 Å². The van der Waals surface area contributed by atoms with Gasteiger partial charge in [0.2, 0.25) is 0 Å². The second-order valence-electron chi connectivity index (χ2n) is 8.09. The Bertz CT molecular complexity index is 383. The Balaban J connectivity index is 2.01. The van der Waals surface area contributed by atoms with E-state index in [9.17, 15) is 4.79 Å². The summed E-state index contributed by atoms with van der Waals surface area (Å²) in [6.45, 7) is 12.6. The van der Waals surface area contributed by atoms with Crippen molar-refractivity contribution in [1.29, 1.82) is 0 Å². The highest BCUT2D eigenvalue weighted by Crippen LogP contribution is 2.56. The van der Waals surface area contributed by atoms with Gasteiger partial charge < -0.3 is 4.43 Å². The summed E-state index contributed by atoms with van der Waals surface area (Å²) in [6, 6.07) is 3.70. The number of fused-ring (bicyclic) bond motifs is 1. The molecule has 2 rings (SSSR count). The second-order valence-corrected chi connectivity index (χ2v) is 12.9. The SMILES string of the molecule is CC[Si](CC)(CC)OC[C@@H](C)C1CC[C@H]2C(=O)CCC[C@]12C. The number of carbonyl (C=O) groups excluding carboxylic acids is 1. The Morgan fingerprint density at radius 1 is 1.23 bits per heavy atom. The van der Waals surface area contributed by atoms with Gasteiger partial charge in [0.05, 0.1) is 0 Å². The third-order valence-corrected chi connectivity index (χ3v) is 11.9. The highest BCUT2D eigenvalue weighted by Gasteiger charge is 2.52. The summed E-state index contributed by atoms with van der Waals surface area (Å²) in [5.41, 5.74) is 0.257. The summed E-state index contributed by atoms with van der Waals surface area (Å²) in [5, 5.41) is 0. The number of Topliss-reactive ketones (excluding diaryl/α,β-unsaturated/α-hetero) is 1. The minimum absolute atomic E-state index is 0.257. The molecule has 0 saturated heterocycles. The van der Waals surface area contributed by atoms with E-state index >= 15 is 0 Å². The third-order valence-electron chi connectivity index (χ3n) is 7.21. The van der Waals surface area contributed by atoms with Gasteiger partial charge >= 0.3 is 0 Å². The second kappa shape index (κ2) is 7.17. The first kappa shape index (κ1) is 18.2. The Morgan fingerprint density at radius 3 is 2.45 bits per heavy atom. The van der Waals surface area contributed by atoms with Gasteiger partial charge in [-0.05, 0) is 61.1 Å². The fraction of sp³-hybridized carbons (Fsp3) is 0.947. The normalized spacial score (nSPS) is 33.8. The molecule has 0 amide bonds. The van der Waals surface area contributed by atoms with Crippen LogP contribution in [0.4, 0.5) is 0 Å². The molecular weight excluding hydrogens is 288 g/mol. The molecule has 2 aliphatic rings. The summed E-state index contributed by atoms with van der Waals surface area (Å²) < 4.78 is 6.56. The average molecular weight is 325 g/mol. The third kappa shape index (κ3) is 3.21. The maximum absolute atomic E-state index is 12.3. The molecule has 0 radical (unpaired) electrons. The van der Waals surface area contributed by atoms with Gasteiger partial charge in [-0.1, -0.05) is 34.6 Å². The largest absolute Gasteiger partial charge is 0.417 e. The zero-order chi connectivity index (χ0) is 16.4. The monoisotopic (exact) mass is 324 g/mol. The van der Waals surface area contributed by atoms with Crippen LogP contribution in [-0.4, -0.2) is 20.7 Å². The molecule has 128 valence electrons. The lowest BCUT2D eigenvalue weighted by Crippen LogP contribution is -2.42. The molecule has 0 bridgehead atoms. The van der Waals surface area contributed by atoms with Gasteiger partial charge in [-0.25, -0.2) is 0 Å². The molecule has 0 aliphatic heterocycles. The molecule has 0 heterocycles. The maximum Gasteiger partial charge on any atom is 0.191 e. The van der Waals surface area contributed by atoms with Crippen molar-refractivity contribution in [2.45, 2.75) is 84.9 Å². The van der Waals surface area contributed by atoms with Crippen molar-refractivity contribution in [3.63, 3.8) is 0 Å². The van der Waals surface area contributed by atoms with E-state index < -0.39 is 8.32 Å². The fourth-order valence-corrected chi connectivity index (χ4v) is 8.11. The Hall–Kier alpha value is -0.153. The van der Waals surface area contributed by atoms with Crippen LogP contribution in [0.3, 0.4) is 0 Å². The lowest BCUT2D eigenvalue weighted by Gasteiger charge is -2.43. The molecule has 0 N–H and O–H groups in total. The van der Waals surface area contributed by atoms with Gasteiger partial charge in [0.1, 0.15) is 5.78 Å². The molecule has 2 fully saturated rings. The predicted molar refractivity (Wildman–Crippen MR) is 95.5 cm³/mol. The van der Waals surface area contributed by atoms with Crippen LogP contribution in [0.5, 0.6) is 0 Å². The van der Waals surface area contributed by atoms with Crippen molar-refractivity contribution in [3.05, 3.63) is 0 Å². The Morgan fingerprint density at radius 2 is 1.86 bits per heavy atom. The van der Waals surface area contributed by atoms with Crippen LogP contribution in [0, 0.1) is 23.2 Å². The van der Waals surface area contributed by atoms with Crippen LogP contribution >= 0.6 is 0 Å². The van der Waals surface area contributed by atoms with Gasteiger partial charge in [0, 0.05) is 18.9 Å². The molecule has 2 aliphatic carbocycles. The average Bonchev–Trinajstić information content (AvgIpc) is 2.87. The quantitative estimate of drug-likeness (QED) is 0.584.